The van der Waals surface area contributed by atoms with E-state index >= 15 is 0 Å². The largest absolute Gasteiger partial charge is 0.397 e. The van der Waals surface area contributed by atoms with Gasteiger partial charge in [0.05, 0.1) is 11.4 Å². The second-order valence-corrected chi connectivity index (χ2v) is 4.75. The molecule has 0 bridgehead atoms. The Kier molecular flexibility index (Phi) is 3.70. The molecule has 1 aromatic carbocycles. The summed E-state index contributed by atoms with van der Waals surface area (Å²) in [7, 11) is 0. The summed E-state index contributed by atoms with van der Waals surface area (Å²) in [5, 5.41) is 0. The molecule has 0 aromatic heterocycles. The topological polar surface area (TPSA) is 29.3 Å². The second kappa shape index (κ2) is 5.24. The Bertz CT molecular complexity index is 329. The van der Waals surface area contributed by atoms with Crippen LogP contribution in [0.5, 0.6) is 0 Å². The van der Waals surface area contributed by atoms with Gasteiger partial charge in [-0.2, -0.15) is 0 Å². The van der Waals surface area contributed by atoms with Crippen molar-refractivity contribution >= 4 is 11.4 Å². The maximum Gasteiger partial charge on any atom is 0.0599 e. The fourth-order valence-electron chi connectivity index (χ4n) is 2.68. The average Bonchev–Trinajstić information content (AvgIpc) is 2.80. The average molecular weight is 218 g/mol. The highest BCUT2D eigenvalue weighted by atomic mass is 15.1. The molecule has 2 N–H and O–H groups in total. The molecule has 0 spiro atoms. The normalized spacial score (nSPS) is 16.6. The van der Waals surface area contributed by atoms with E-state index in [1.165, 1.54) is 37.9 Å². The molecule has 88 valence electrons. The van der Waals surface area contributed by atoms with E-state index in [0.29, 0.717) is 0 Å². The Hall–Kier alpha value is -1.18. The van der Waals surface area contributed by atoms with Crippen molar-refractivity contribution in [3.05, 3.63) is 24.3 Å². The molecule has 2 rings (SSSR count). The molecule has 0 unspecified atom stereocenters. The van der Waals surface area contributed by atoms with E-state index in [9.17, 15) is 0 Å². The van der Waals surface area contributed by atoms with Crippen LogP contribution in [0, 0.1) is 5.92 Å². The van der Waals surface area contributed by atoms with E-state index in [0.717, 1.165) is 18.2 Å². The zero-order valence-electron chi connectivity index (χ0n) is 10.2. The van der Waals surface area contributed by atoms with Crippen LogP contribution in [0.3, 0.4) is 0 Å². The van der Waals surface area contributed by atoms with Gasteiger partial charge in [-0.25, -0.2) is 0 Å². The first-order valence-corrected chi connectivity index (χ1v) is 6.40. The maximum absolute atomic E-state index is 6.03. The third kappa shape index (κ3) is 2.49. The van der Waals surface area contributed by atoms with Gasteiger partial charge in [-0.15, -0.1) is 0 Å². The minimum Gasteiger partial charge on any atom is -0.397 e. The summed E-state index contributed by atoms with van der Waals surface area (Å²) in [6, 6.07) is 8.20. The molecule has 1 aliphatic carbocycles. The van der Waals surface area contributed by atoms with E-state index in [1.54, 1.807) is 0 Å². The lowest BCUT2D eigenvalue weighted by molar-refractivity contribution is 0.536. The smallest absolute Gasteiger partial charge is 0.0599 e. The van der Waals surface area contributed by atoms with Crippen molar-refractivity contribution in [2.45, 2.75) is 32.6 Å². The van der Waals surface area contributed by atoms with Gasteiger partial charge in [-0.3, -0.25) is 0 Å². The molecule has 16 heavy (non-hydrogen) atoms. The molecule has 0 radical (unpaired) electrons. The molecule has 2 heteroatoms. The predicted molar refractivity (Wildman–Crippen MR) is 70.7 cm³/mol. The number of anilines is 2. The summed E-state index contributed by atoms with van der Waals surface area (Å²) >= 11 is 0. The molecule has 0 amide bonds. The summed E-state index contributed by atoms with van der Waals surface area (Å²) in [6.45, 7) is 4.43. The highest BCUT2D eigenvalue weighted by molar-refractivity contribution is 5.67. The Morgan fingerprint density at radius 3 is 2.56 bits per heavy atom. The summed E-state index contributed by atoms with van der Waals surface area (Å²) in [5.41, 5.74) is 8.14. The second-order valence-electron chi connectivity index (χ2n) is 4.75. The monoisotopic (exact) mass is 218 g/mol. The molecule has 0 atom stereocenters. The summed E-state index contributed by atoms with van der Waals surface area (Å²) in [5.74, 6) is 0.875. The van der Waals surface area contributed by atoms with Gasteiger partial charge >= 0.3 is 0 Å². The fourth-order valence-corrected chi connectivity index (χ4v) is 2.68. The fraction of sp³-hybridized carbons (Fsp3) is 0.571. The first-order chi connectivity index (χ1) is 7.81. The number of rotatable bonds is 4. The SMILES string of the molecule is CCN(CC1CCCC1)c1ccccc1N. The van der Waals surface area contributed by atoms with Crippen LogP contribution < -0.4 is 10.6 Å². The highest BCUT2D eigenvalue weighted by Crippen LogP contribution is 2.29. The molecule has 1 aromatic rings. The van der Waals surface area contributed by atoms with Crippen LogP contribution in [0.4, 0.5) is 11.4 Å². The first kappa shape index (κ1) is 11.3. The Balaban J connectivity index is 2.06. The number of nitrogen functional groups attached to an aromatic ring is 1. The Morgan fingerprint density at radius 1 is 1.25 bits per heavy atom. The van der Waals surface area contributed by atoms with Gasteiger partial charge in [0.25, 0.3) is 0 Å². The minimum atomic E-state index is 0.875. The number of hydrogen-bond acceptors (Lipinski definition) is 2. The third-order valence-electron chi connectivity index (χ3n) is 3.61. The van der Waals surface area contributed by atoms with Crippen molar-refractivity contribution in [3.8, 4) is 0 Å². The van der Waals surface area contributed by atoms with Crippen molar-refractivity contribution in [1.82, 2.24) is 0 Å². The third-order valence-corrected chi connectivity index (χ3v) is 3.61. The van der Waals surface area contributed by atoms with Gasteiger partial charge in [-0.1, -0.05) is 25.0 Å². The van der Waals surface area contributed by atoms with E-state index in [4.69, 9.17) is 5.73 Å². The number of benzene rings is 1. The van der Waals surface area contributed by atoms with E-state index in [1.807, 2.05) is 12.1 Å². The molecular formula is C14H22N2. The van der Waals surface area contributed by atoms with Gasteiger partial charge < -0.3 is 10.6 Å². The van der Waals surface area contributed by atoms with Gasteiger partial charge in [0, 0.05) is 13.1 Å². The standard InChI is InChI=1S/C14H22N2/c1-2-16(11-12-7-3-4-8-12)14-10-6-5-9-13(14)15/h5-6,9-10,12H,2-4,7-8,11,15H2,1H3. The predicted octanol–water partition coefficient (Wildman–Crippen LogP) is 3.29. The molecule has 2 nitrogen and oxygen atoms in total. The summed E-state index contributed by atoms with van der Waals surface area (Å²) in [4.78, 5) is 2.42. The molecule has 1 fully saturated rings. The van der Waals surface area contributed by atoms with Gasteiger partial charge in [0.2, 0.25) is 0 Å². The highest BCUT2D eigenvalue weighted by Gasteiger charge is 2.18. The molecule has 0 heterocycles. The van der Waals surface area contributed by atoms with Gasteiger partial charge in [-0.05, 0) is 37.8 Å². The minimum absolute atomic E-state index is 0.875. The van der Waals surface area contributed by atoms with Crippen molar-refractivity contribution < 1.29 is 0 Å². The molecule has 0 aliphatic heterocycles. The Morgan fingerprint density at radius 2 is 1.94 bits per heavy atom. The van der Waals surface area contributed by atoms with Crippen LogP contribution in [0.15, 0.2) is 24.3 Å². The van der Waals surface area contributed by atoms with E-state index < -0.39 is 0 Å². The zero-order valence-corrected chi connectivity index (χ0v) is 10.2. The molecule has 1 saturated carbocycles. The number of nitrogens with two attached hydrogens (primary N) is 1. The van der Waals surface area contributed by atoms with Crippen molar-refractivity contribution in [3.63, 3.8) is 0 Å². The Labute approximate surface area is 98.4 Å². The van der Waals surface area contributed by atoms with Crippen LogP contribution in [0.25, 0.3) is 0 Å². The quantitative estimate of drug-likeness (QED) is 0.786. The number of nitrogens with zero attached hydrogens (tertiary/aromatic N) is 1. The van der Waals surface area contributed by atoms with Crippen molar-refractivity contribution in [2.24, 2.45) is 5.92 Å². The van der Waals surface area contributed by atoms with E-state index in [-0.39, 0.29) is 0 Å². The van der Waals surface area contributed by atoms with Crippen LogP contribution in [0.1, 0.15) is 32.6 Å². The molecule has 0 saturated heterocycles. The number of hydrogen-bond donors (Lipinski definition) is 1. The lowest BCUT2D eigenvalue weighted by atomic mass is 10.1. The maximum atomic E-state index is 6.03. The zero-order chi connectivity index (χ0) is 11.4. The van der Waals surface area contributed by atoms with Crippen molar-refractivity contribution in [1.29, 1.82) is 0 Å². The summed E-state index contributed by atoms with van der Waals surface area (Å²) in [6.07, 6.45) is 5.60. The molecular weight excluding hydrogens is 196 g/mol. The number of para-hydroxylation sites is 2. The van der Waals surface area contributed by atoms with Gasteiger partial charge in [0.1, 0.15) is 0 Å². The first-order valence-electron chi connectivity index (χ1n) is 6.40. The van der Waals surface area contributed by atoms with Crippen LogP contribution in [-0.4, -0.2) is 13.1 Å². The van der Waals surface area contributed by atoms with Crippen LogP contribution in [-0.2, 0) is 0 Å². The molecule has 1 aliphatic rings. The van der Waals surface area contributed by atoms with Crippen molar-refractivity contribution in [2.75, 3.05) is 23.7 Å². The van der Waals surface area contributed by atoms with Crippen LogP contribution in [0.2, 0.25) is 0 Å². The van der Waals surface area contributed by atoms with E-state index in [2.05, 4.69) is 24.0 Å². The van der Waals surface area contributed by atoms with Gasteiger partial charge in [0.15, 0.2) is 0 Å². The summed E-state index contributed by atoms with van der Waals surface area (Å²) < 4.78 is 0. The van der Waals surface area contributed by atoms with Crippen LogP contribution >= 0.6 is 0 Å². The lowest BCUT2D eigenvalue weighted by Crippen LogP contribution is -2.28. The lowest BCUT2D eigenvalue weighted by Gasteiger charge is -2.27.